The van der Waals surface area contributed by atoms with Crippen LogP contribution >= 0.6 is 0 Å². The first kappa shape index (κ1) is 20.3. The lowest BCUT2D eigenvalue weighted by Crippen LogP contribution is -2.22. The molecule has 0 N–H and O–H groups in total. The molecule has 0 unspecified atom stereocenters. The molecule has 1 fully saturated rings. The zero-order valence-electron chi connectivity index (χ0n) is 18.1. The standard InChI is InChI=1S/C27H24O5/c1-17-3-4-18(13-22(17)19-5-7-20(8-6-19)26(29)30-2)14-25(28)27(11-12-27)21-9-10-23-24(15-21)32-16-31-23/h3-10,13,15H,11-12,14,16H2,1-2H3. The number of hydrogen-bond donors (Lipinski definition) is 0. The first-order valence-corrected chi connectivity index (χ1v) is 10.7. The van der Waals surface area contributed by atoms with Gasteiger partial charge in [0.05, 0.1) is 18.1 Å². The molecule has 1 aliphatic carbocycles. The van der Waals surface area contributed by atoms with Crippen LogP contribution in [0.15, 0.2) is 60.7 Å². The van der Waals surface area contributed by atoms with Crippen molar-refractivity contribution >= 4 is 11.8 Å². The molecule has 0 atom stereocenters. The average Bonchev–Trinajstić information content (AvgIpc) is 3.50. The minimum absolute atomic E-state index is 0.229. The number of ether oxygens (including phenoxy) is 3. The molecular formula is C27H24O5. The number of esters is 1. The fourth-order valence-corrected chi connectivity index (χ4v) is 4.40. The zero-order chi connectivity index (χ0) is 22.3. The minimum Gasteiger partial charge on any atom is -0.465 e. The van der Waals surface area contributed by atoms with E-state index in [9.17, 15) is 9.59 Å². The van der Waals surface area contributed by atoms with Crippen LogP contribution in [-0.2, 0) is 21.4 Å². The molecule has 3 aromatic carbocycles. The summed E-state index contributed by atoms with van der Waals surface area (Å²) in [5.41, 5.74) is 5.26. The van der Waals surface area contributed by atoms with Gasteiger partial charge in [0, 0.05) is 6.42 Å². The van der Waals surface area contributed by atoms with Crippen molar-refractivity contribution in [1.82, 2.24) is 0 Å². The first-order valence-electron chi connectivity index (χ1n) is 10.7. The Balaban J connectivity index is 1.38. The summed E-state index contributed by atoms with van der Waals surface area (Å²) in [4.78, 5) is 25.1. The molecule has 1 heterocycles. The molecule has 2 aliphatic rings. The summed E-state index contributed by atoms with van der Waals surface area (Å²) in [5.74, 6) is 1.33. The number of ketones is 1. The second-order valence-corrected chi connectivity index (χ2v) is 8.47. The number of carbonyl (C=O) groups is 2. The molecule has 0 bridgehead atoms. The third kappa shape index (κ3) is 3.54. The van der Waals surface area contributed by atoms with E-state index in [4.69, 9.17) is 14.2 Å². The van der Waals surface area contributed by atoms with E-state index in [1.54, 1.807) is 12.1 Å². The predicted octanol–water partition coefficient (Wildman–Crippen LogP) is 5.02. The Bertz CT molecular complexity index is 1210. The molecule has 3 aromatic rings. The van der Waals surface area contributed by atoms with Crippen molar-refractivity contribution in [3.63, 3.8) is 0 Å². The zero-order valence-corrected chi connectivity index (χ0v) is 18.1. The van der Waals surface area contributed by atoms with Gasteiger partial charge in [0.2, 0.25) is 6.79 Å². The van der Waals surface area contributed by atoms with Crippen LogP contribution in [0.25, 0.3) is 11.1 Å². The number of rotatable bonds is 6. The Morgan fingerprint density at radius 1 is 0.938 bits per heavy atom. The Hall–Kier alpha value is -3.60. The smallest absolute Gasteiger partial charge is 0.337 e. The molecule has 5 rings (SSSR count). The van der Waals surface area contributed by atoms with E-state index in [1.165, 1.54) is 7.11 Å². The van der Waals surface area contributed by atoms with Gasteiger partial charge in [-0.15, -0.1) is 0 Å². The highest BCUT2D eigenvalue weighted by Crippen LogP contribution is 2.51. The fourth-order valence-electron chi connectivity index (χ4n) is 4.40. The van der Waals surface area contributed by atoms with Crippen LogP contribution in [0.2, 0.25) is 0 Å². The number of Topliss-reactive ketones (excluding diaryl/α,β-unsaturated/α-hetero) is 1. The Kier molecular flexibility index (Phi) is 4.97. The van der Waals surface area contributed by atoms with Crippen molar-refractivity contribution in [2.75, 3.05) is 13.9 Å². The monoisotopic (exact) mass is 428 g/mol. The maximum absolute atomic E-state index is 13.4. The SMILES string of the molecule is COC(=O)c1ccc(-c2cc(CC(=O)C3(c4ccc5c(c4)OCO5)CC3)ccc2C)cc1. The number of fused-ring (bicyclic) bond motifs is 1. The molecule has 1 saturated carbocycles. The fraction of sp³-hybridized carbons (Fsp3) is 0.259. The lowest BCUT2D eigenvalue weighted by atomic mass is 9.87. The summed E-state index contributed by atoms with van der Waals surface area (Å²) in [6.45, 7) is 2.27. The lowest BCUT2D eigenvalue weighted by Gasteiger charge is -2.16. The van der Waals surface area contributed by atoms with Crippen LogP contribution in [0, 0.1) is 6.92 Å². The first-order chi connectivity index (χ1) is 15.5. The van der Waals surface area contributed by atoms with Crippen LogP contribution < -0.4 is 9.47 Å². The molecule has 5 heteroatoms. The van der Waals surface area contributed by atoms with Crippen molar-refractivity contribution in [2.24, 2.45) is 0 Å². The summed E-state index contributed by atoms with van der Waals surface area (Å²) in [6.07, 6.45) is 2.10. The highest BCUT2D eigenvalue weighted by atomic mass is 16.7. The third-order valence-electron chi connectivity index (χ3n) is 6.49. The number of hydrogen-bond acceptors (Lipinski definition) is 5. The molecule has 0 aromatic heterocycles. The van der Waals surface area contributed by atoms with Gasteiger partial charge in [0.25, 0.3) is 0 Å². The Labute approximate surface area is 186 Å². The van der Waals surface area contributed by atoms with Crippen LogP contribution in [0.3, 0.4) is 0 Å². The number of methoxy groups -OCH3 is 1. The minimum atomic E-state index is -0.422. The maximum atomic E-state index is 13.4. The van der Waals surface area contributed by atoms with Gasteiger partial charge in [-0.05, 0) is 71.8 Å². The van der Waals surface area contributed by atoms with Crippen molar-refractivity contribution in [1.29, 1.82) is 0 Å². The van der Waals surface area contributed by atoms with Gasteiger partial charge in [0.1, 0.15) is 5.78 Å². The van der Waals surface area contributed by atoms with E-state index in [0.717, 1.165) is 52.2 Å². The molecule has 1 aliphatic heterocycles. The van der Waals surface area contributed by atoms with Gasteiger partial charge in [-0.3, -0.25) is 4.79 Å². The van der Waals surface area contributed by atoms with Gasteiger partial charge in [-0.25, -0.2) is 4.79 Å². The summed E-state index contributed by atoms with van der Waals surface area (Å²) in [5, 5.41) is 0. The van der Waals surface area contributed by atoms with E-state index in [0.29, 0.717) is 12.0 Å². The maximum Gasteiger partial charge on any atom is 0.337 e. The van der Waals surface area contributed by atoms with E-state index in [-0.39, 0.29) is 18.5 Å². The molecule has 32 heavy (non-hydrogen) atoms. The summed E-state index contributed by atoms with van der Waals surface area (Å²) < 4.78 is 15.7. The normalized spacial score (nSPS) is 15.3. The van der Waals surface area contributed by atoms with Crippen LogP contribution in [0.4, 0.5) is 0 Å². The van der Waals surface area contributed by atoms with Crippen LogP contribution in [-0.4, -0.2) is 25.7 Å². The predicted molar refractivity (Wildman–Crippen MR) is 120 cm³/mol. The quantitative estimate of drug-likeness (QED) is 0.516. The second-order valence-electron chi connectivity index (χ2n) is 8.47. The highest BCUT2D eigenvalue weighted by Gasteiger charge is 2.50. The molecule has 162 valence electrons. The molecule has 5 nitrogen and oxygen atoms in total. The van der Waals surface area contributed by atoms with Crippen molar-refractivity contribution in [3.05, 3.63) is 82.9 Å². The van der Waals surface area contributed by atoms with E-state index >= 15 is 0 Å². The van der Waals surface area contributed by atoms with Crippen LogP contribution in [0.1, 0.15) is 39.9 Å². The van der Waals surface area contributed by atoms with Gasteiger partial charge >= 0.3 is 5.97 Å². The number of carbonyl (C=O) groups excluding carboxylic acids is 2. The summed E-state index contributed by atoms with van der Waals surface area (Å²) in [7, 11) is 1.37. The van der Waals surface area contributed by atoms with E-state index < -0.39 is 5.41 Å². The van der Waals surface area contributed by atoms with Crippen LogP contribution in [0.5, 0.6) is 11.5 Å². The summed E-state index contributed by atoms with van der Waals surface area (Å²) >= 11 is 0. The topological polar surface area (TPSA) is 61.8 Å². The molecule has 0 amide bonds. The molecule has 0 spiro atoms. The van der Waals surface area contributed by atoms with Crippen molar-refractivity contribution < 1.29 is 23.8 Å². The van der Waals surface area contributed by atoms with E-state index in [1.807, 2.05) is 49.4 Å². The molecular weight excluding hydrogens is 404 g/mol. The largest absolute Gasteiger partial charge is 0.465 e. The number of aryl methyl sites for hydroxylation is 1. The highest BCUT2D eigenvalue weighted by molar-refractivity contribution is 5.95. The van der Waals surface area contributed by atoms with Crippen molar-refractivity contribution in [3.8, 4) is 22.6 Å². The van der Waals surface area contributed by atoms with Gasteiger partial charge in [-0.2, -0.15) is 0 Å². The second kappa shape index (κ2) is 7.83. The summed E-state index contributed by atoms with van der Waals surface area (Å²) in [6, 6.07) is 19.3. The third-order valence-corrected chi connectivity index (χ3v) is 6.49. The Morgan fingerprint density at radius 2 is 1.69 bits per heavy atom. The average molecular weight is 428 g/mol. The van der Waals surface area contributed by atoms with E-state index in [2.05, 4.69) is 6.07 Å². The van der Waals surface area contributed by atoms with Gasteiger partial charge in [-0.1, -0.05) is 36.4 Å². The molecule has 0 saturated heterocycles. The molecule has 0 radical (unpaired) electrons. The number of benzene rings is 3. The van der Waals surface area contributed by atoms with Gasteiger partial charge < -0.3 is 14.2 Å². The van der Waals surface area contributed by atoms with Gasteiger partial charge in [0.15, 0.2) is 11.5 Å². The van der Waals surface area contributed by atoms with Crippen molar-refractivity contribution in [2.45, 2.75) is 31.6 Å². The lowest BCUT2D eigenvalue weighted by molar-refractivity contribution is -0.120. The Morgan fingerprint density at radius 3 is 2.41 bits per heavy atom.